The van der Waals surface area contributed by atoms with E-state index in [9.17, 15) is 9.59 Å². The lowest BCUT2D eigenvalue weighted by molar-refractivity contribution is -0.121. The topological polar surface area (TPSA) is 123 Å². The lowest BCUT2D eigenvalue weighted by Crippen LogP contribution is -2.41. The van der Waals surface area contributed by atoms with E-state index < -0.39 is 5.91 Å². The molecule has 3 aromatic heterocycles. The zero-order valence-electron chi connectivity index (χ0n) is 14.3. The van der Waals surface area contributed by atoms with Crippen LogP contribution in [0.1, 0.15) is 34.2 Å². The number of amides is 2. The number of hydrogen-bond acceptors (Lipinski definition) is 7. The van der Waals surface area contributed by atoms with Crippen molar-refractivity contribution in [1.29, 1.82) is 0 Å². The molecule has 0 aromatic carbocycles. The van der Waals surface area contributed by atoms with Crippen LogP contribution in [0.5, 0.6) is 0 Å². The molecule has 134 valence electrons. The minimum absolute atomic E-state index is 0.0817. The molecule has 0 unspecified atom stereocenters. The number of aryl methyl sites for hydroxylation is 3. The van der Waals surface area contributed by atoms with Gasteiger partial charge in [0.15, 0.2) is 0 Å². The molecule has 0 aliphatic rings. The van der Waals surface area contributed by atoms with Gasteiger partial charge in [0.2, 0.25) is 17.6 Å². The molecule has 0 saturated carbocycles. The van der Waals surface area contributed by atoms with Crippen LogP contribution >= 0.6 is 0 Å². The van der Waals surface area contributed by atoms with E-state index in [1.54, 1.807) is 38.4 Å². The summed E-state index contributed by atoms with van der Waals surface area (Å²) in [6.07, 6.45) is 3.60. The lowest BCUT2D eigenvalue weighted by Gasteiger charge is -2.05. The normalized spacial score (nSPS) is 10.5. The number of hydrogen-bond donors (Lipinski definition) is 2. The van der Waals surface area contributed by atoms with Gasteiger partial charge in [0, 0.05) is 30.8 Å². The molecule has 0 fully saturated rings. The third kappa shape index (κ3) is 4.12. The summed E-state index contributed by atoms with van der Waals surface area (Å²) in [5.41, 5.74) is 5.80. The molecule has 9 nitrogen and oxygen atoms in total. The Hall–Kier alpha value is -3.49. The summed E-state index contributed by atoms with van der Waals surface area (Å²) >= 11 is 0. The predicted octanol–water partition coefficient (Wildman–Crippen LogP) is 1.74. The fourth-order valence-corrected chi connectivity index (χ4v) is 2.30. The number of nitrogens with zero attached hydrogens (tertiary/aromatic N) is 3. The number of pyridine rings is 1. The number of hydrazine groups is 1. The highest BCUT2D eigenvalue weighted by Crippen LogP contribution is 2.14. The highest BCUT2D eigenvalue weighted by Gasteiger charge is 2.15. The Bertz CT molecular complexity index is 916. The number of carbonyl (C=O) groups excluding carboxylic acids is 2. The monoisotopic (exact) mass is 355 g/mol. The van der Waals surface area contributed by atoms with Crippen LogP contribution in [-0.2, 0) is 11.2 Å². The van der Waals surface area contributed by atoms with Gasteiger partial charge < -0.3 is 8.94 Å². The molecule has 3 heterocycles. The standard InChI is InChI=1S/C17H17N5O4/c1-10-8-13(11(2)25-10)17(24)21-20-14(23)5-6-15-19-16(22-26-15)12-4-3-7-18-9-12/h3-4,7-9H,5-6H2,1-2H3,(H,20,23)(H,21,24). The number of aromatic nitrogens is 3. The van der Waals surface area contributed by atoms with E-state index >= 15 is 0 Å². The largest absolute Gasteiger partial charge is 0.466 e. The molecular weight excluding hydrogens is 338 g/mol. The average molecular weight is 355 g/mol. The van der Waals surface area contributed by atoms with Crippen molar-refractivity contribution >= 4 is 11.8 Å². The Morgan fingerprint density at radius 3 is 2.77 bits per heavy atom. The molecule has 3 rings (SSSR count). The first-order valence-corrected chi connectivity index (χ1v) is 7.92. The van der Waals surface area contributed by atoms with Crippen LogP contribution < -0.4 is 10.9 Å². The summed E-state index contributed by atoms with van der Waals surface area (Å²) < 4.78 is 10.4. The summed E-state index contributed by atoms with van der Waals surface area (Å²) in [4.78, 5) is 32.1. The first-order valence-electron chi connectivity index (χ1n) is 7.92. The number of rotatable bonds is 5. The minimum Gasteiger partial charge on any atom is -0.466 e. The molecule has 9 heteroatoms. The van der Waals surface area contributed by atoms with Crippen LogP contribution in [0.25, 0.3) is 11.4 Å². The van der Waals surface area contributed by atoms with Crippen LogP contribution in [0.2, 0.25) is 0 Å². The zero-order chi connectivity index (χ0) is 18.5. The summed E-state index contributed by atoms with van der Waals surface area (Å²) in [6.45, 7) is 3.42. The van der Waals surface area contributed by atoms with E-state index in [1.165, 1.54) is 0 Å². The van der Waals surface area contributed by atoms with Crippen molar-refractivity contribution in [2.45, 2.75) is 26.7 Å². The van der Waals surface area contributed by atoms with Gasteiger partial charge in [-0.05, 0) is 32.0 Å². The van der Waals surface area contributed by atoms with Crippen molar-refractivity contribution in [2.24, 2.45) is 0 Å². The number of carbonyl (C=O) groups is 2. The summed E-state index contributed by atoms with van der Waals surface area (Å²) in [7, 11) is 0. The second kappa shape index (κ2) is 7.60. The first kappa shape index (κ1) is 17.3. The van der Waals surface area contributed by atoms with E-state index in [1.807, 2.05) is 6.07 Å². The molecule has 0 radical (unpaired) electrons. The Morgan fingerprint density at radius 2 is 2.08 bits per heavy atom. The summed E-state index contributed by atoms with van der Waals surface area (Å²) in [5, 5.41) is 3.85. The quantitative estimate of drug-likeness (QED) is 0.668. The highest BCUT2D eigenvalue weighted by molar-refractivity contribution is 5.96. The van der Waals surface area contributed by atoms with Gasteiger partial charge in [0.05, 0.1) is 5.56 Å². The predicted molar refractivity (Wildman–Crippen MR) is 89.6 cm³/mol. The first-order chi connectivity index (χ1) is 12.5. The highest BCUT2D eigenvalue weighted by atomic mass is 16.5. The molecule has 0 aliphatic heterocycles. The summed E-state index contributed by atoms with van der Waals surface area (Å²) in [6, 6.07) is 5.18. The van der Waals surface area contributed by atoms with Crippen LogP contribution in [-0.4, -0.2) is 26.9 Å². The third-order valence-electron chi connectivity index (χ3n) is 3.55. The second-order valence-corrected chi connectivity index (χ2v) is 5.58. The van der Waals surface area contributed by atoms with E-state index in [0.29, 0.717) is 28.8 Å². The third-order valence-corrected chi connectivity index (χ3v) is 3.55. The number of nitrogens with one attached hydrogen (secondary N) is 2. The van der Waals surface area contributed by atoms with Crippen molar-refractivity contribution in [2.75, 3.05) is 0 Å². The molecule has 2 amide bonds. The van der Waals surface area contributed by atoms with Crippen molar-refractivity contribution in [3.8, 4) is 11.4 Å². The van der Waals surface area contributed by atoms with Crippen molar-refractivity contribution < 1.29 is 18.5 Å². The Labute approximate surface area is 148 Å². The zero-order valence-corrected chi connectivity index (χ0v) is 14.3. The van der Waals surface area contributed by atoms with Crippen molar-refractivity contribution in [1.82, 2.24) is 26.0 Å². The van der Waals surface area contributed by atoms with Crippen LogP contribution in [0.15, 0.2) is 39.5 Å². The molecule has 26 heavy (non-hydrogen) atoms. The molecular formula is C17H17N5O4. The smallest absolute Gasteiger partial charge is 0.273 e. The van der Waals surface area contributed by atoms with Crippen LogP contribution in [0.3, 0.4) is 0 Å². The van der Waals surface area contributed by atoms with E-state index in [4.69, 9.17) is 8.94 Å². The fourth-order valence-electron chi connectivity index (χ4n) is 2.30. The van der Waals surface area contributed by atoms with Gasteiger partial charge in [0.1, 0.15) is 11.5 Å². The van der Waals surface area contributed by atoms with E-state index in [-0.39, 0.29) is 18.7 Å². The van der Waals surface area contributed by atoms with Gasteiger partial charge in [-0.3, -0.25) is 25.4 Å². The van der Waals surface area contributed by atoms with Gasteiger partial charge in [-0.15, -0.1) is 0 Å². The van der Waals surface area contributed by atoms with Gasteiger partial charge in [-0.25, -0.2) is 0 Å². The van der Waals surface area contributed by atoms with Crippen molar-refractivity contribution in [3.63, 3.8) is 0 Å². The van der Waals surface area contributed by atoms with E-state index in [0.717, 1.165) is 5.56 Å². The maximum absolute atomic E-state index is 12.0. The molecule has 2 N–H and O–H groups in total. The molecule has 0 aliphatic carbocycles. The average Bonchev–Trinajstić information content (AvgIpc) is 3.25. The molecule has 0 atom stereocenters. The van der Waals surface area contributed by atoms with Crippen LogP contribution in [0, 0.1) is 13.8 Å². The summed E-state index contributed by atoms with van der Waals surface area (Å²) in [5.74, 6) is 1.03. The maximum atomic E-state index is 12.0. The minimum atomic E-state index is -0.440. The lowest BCUT2D eigenvalue weighted by atomic mass is 10.2. The Kier molecular flexibility index (Phi) is 5.07. The SMILES string of the molecule is Cc1cc(C(=O)NNC(=O)CCc2nc(-c3cccnc3)no2)c(C)o1. The Morgan fingerprint density at radius 1 is 1.23 bits per heavy atom. The Balaban J connectivity index is 1.48. The number of furan rings is 1. The fraction of sp³-hybridized carbons (Fsp3) is 0.235. The van der Waals surface area contributed by atoms with Crippen molar-refractivity contribution in [3.05, 3.63) is 53.6 Å². The van der Waals surface area contributed by atoms with Gasteiger partial charge >= 0.3 is 0 Å². The molecule has 0 bridgehead atoms. The van der Waals surface area contributed by atoms with Gasteiger partial charge in [-0.1, -0.05) is 5.16 Å². The van der Waals surface area contributed by atoms with E-state index in [2.05, 4.69) is 26.0 Å². The molecule has 0 spiro atoms. The van der Waals surface area contributed by atoms with Gasteiger partial charge in [-0.2, -0.15) is 4.98 Å². The van der Waals surface area contributed by atoms with Crippen LogP contribution in [0.4, 0.5) is 0 Å². The second-order valence-electron chi connectivity index (χ2n) is 5.58. The van der Waals surface area contributed by atoms with Gasteiger partial charge in [0.25, 0.3) is 5.91 Å². The molecule has 3 aromatic rings. The maximum Gasteiger partial charge on any atom is 0.273 e. The molecule has 0 saturated heterocycles.